The SMILES string of the molecule is Cc1ccc(C2NNCC2CNCC(=O)N2CCCc3ccccc32)cc1. The fourth-order valence-electron chi connectivity index (χ4n) is 4.11. The van der Waals surface area contributed by atoms with Gasteiger partial charge in [0.15, 0.2) is 0 Å². The van der Waals surface area contributed by atoms with Crippen molar-refractivity contribution in [2.75, 3.05) is 31.1 Å². The van der Waals surface area contributed by atoms with Crippen LogP contribution in [0.2, 0.25) is 0 Å². The lowest BCUT2D eigenvalue weighted by molar-refractivity contribution is -0.117. The quantitative estimate of drug-likeness (QED) is 0.762. The van der Waals surface area contributed by atoms with Gasteiger partial charge in [-0.05, 0) is 37.0 Å². The largest absolute Gasteiger partial charge is 0.311 e. The standard InChI is InChI=1S/C22H28N4O/c1-16-8-10-18(11-9-16)22-19(14-24-25-22)13-23-15-21(27)26-12-4-6-17-5-2-3-7-20(17)26/h2-3,5,7-11,19,22-25H,4,6,12-15H2,1H3. The molecular weight excluding hydrogens is 336 g/mol. The first-order valence-electron chi connectivity index (χ1n) is 9.86. The second-order valence-electron chi connectivity index (χ2n) is 7.58. The molecule has 27 heavy (non-hydrogen) atoms. The molecule has 2 unspecified atom stereocenters. The van der Waals surface area contributed by atoms with Crippen molar-refractivity contribution in [2.24, 2.45) is 5.92 Å². The molecule has 3 N–H and O–H groups in total. The van der Waals surface area contributed by atoms with Crippen LogP contribution < -0.4 is 21.1 Å². The molecule has 4 rings (SSSR count). The van der Waals surface area contributed by atoms with Crippen molar-refractivity contribution < 1.29 is 4.79 Å². The van der Waals surface area contributed by atoms with Gasteiger partial charge in [0.25, 0.3) is 0 Å². The molecule has 2 aromatic rings. The number of carbonyl (C=O) groups is 1. The van der Waals surface area contributed by atoms with Gasteiger partial charge < -0.3 is 10.2 Å². The van der Waals surface area contributed by atoms with E-state index in [-0.39, 0.29) is 11.9 Å². The van der Waals surface area contributed by atoms with Crippen LogP contribution in [0.15, 0.2) is 48.5 Å². The summed E-state index contributed by atoms with van der Waals surface area (Å²) in [6.07, 6.45) is 2.10. The lowest BCUT2D eigenvalue weighted by Gasteiger charge is -2.30. The number of para-hydroxylation sites is 1. The first-order valence-corrected chi connectivity index (χ1v) is 9.86. The third-order valence-corrected chi connectivity index (χ3v) is 5.62. The molecule has 0 aromatic heterocycles. The van der Waals surface area contributed by atoms with Gasteiger partial charge in [0.2, 0.25) is 5.91 Å². The number of nitrogens with zero attached hydrogens (tertiary/aromatic N) is 1. The topological polar surface area (TPSA) is 56.4 Å². The summed E-state index contributed by atoms with van der Waals surface area (Å²) in [7, 11) is 0. The summed E-state index contributed by atoms with van der Waals surface area (Å²) in [6.45, 7) is 5.00. The summed E-state index contributed by atoms with van der Waals surface area (Å²) in [5, 5.41) is 3.40. The number of hydrazine groups is 1. The number of benzene rings is 2. The normalized spacial score (nSPS) is 21.9. The molecule has 0 radical (unpaired) electrons. The predicted octanol–water partition coefficient (Wildman–Crippen LogP) is 2.33. The van der Waals surface area contributed by atoms with Crippen molar-refractivity contribution in [3.8, 4) is 0 Å². The van der Waals surface area contributed by atoms with E-state index in [0.717, 1.165) is 38.2 Å². The lowest BCUT2D eigenvalue weighted by Crippen LogP contribution is -2.42. The Balaban J connectivity index is 1.33. The molecule has 2 atom stereocenters. The van der Waals surface area contributed by atoms with E-state index in [1.807, 2.05) is 11.0 Å². The third kappa shape index (κ3) is 4.05. The molecule has 1 saturated heterocycles. The summed E-state index contributed by atoms with van der Waals surface area (Å²) in [5.41, 5.74) is 11.6. The van der Waals surface area contributed by atoms with Crippen molar-refractivity contribution >= 4 is 11.6 Å². The van der Waals surface area contributed by atoms with Crippen LogP contribution in [0.1, 0.15) is 29.2 Å². The summed E-state index contributed by atoms with van der Waals surface area (Å²) < 4.78 is 0. The maximum absolute atomic E-state index is 12.8. The molecule has 0 bridgehead atoms. The van der Waals surface area contributed by atoms with E-state index < -0.39 is 0 Å². The Bertz CT molecular complexity index is 789. The van der Waals surface area contributed by atoms with Gasteiger partial charge in [0.05, 0.1) is 12.6 Å². The molecule has 142 valence electrons. The number of carbonyl (C=O) groups excluding carboxylic acids is 1. The third-order valence-electron chi connectivity index (χ3n) is 5.62. The zero-order valence-electron chi connectivity index (χ0n) is 15.9. The summed E-state index contributed by atoms with van der Waals surface area (Å²) in [5.74, 6) is 0.571. The highest BCUT2D eigenvalue weighted by Gasteiger charge is 2.28. The van der Waals surface area contributed by atoms with Crippen LogP contribution >= 0.6 is 0 Å². The molecule has 0 saturated carbocycles. The molecule has 2 heterocycles. The van der Waals surface area contributed by atoms with E-state index >= 15 is 0 Å². The Morgan fingerprint density at radius 1 is 1.19 bits per heavy atom. The Hall–Kier alpha value is -2.21. The molecule has 0 aliphatic carbocycles. The molecule has 5 nitrogen and oxygen atoms in total. The Kier molecular flexibility index (Phi) is 5.53. The summed E-state index contributed by atoms with van der Waals surface area (Å²) in [6, 6.07) is 17.2. The molecule has 2 aromatic carbocycles. The van der Waals surface area contributed by atoms with Crippen LogP contribution in [0, 0.1) is 12.8 Å². The highest BCUT2D eigenvalue weighted by molar-refractivity contribution is 5.95. The predicted molar refractivity (Wildman–Crippen MR) is 109 cm³/mol. The molecule has 2 aliphatic heterocycles. The van der Waals surface area contributed by atoms with Gasteiger partial charge in [-0.2, -0.15) is 0 Å². The van der Waals surface area contributed by atoms with Crippen LogP contribution in [0.3, 0.4) is 0 Å². The molecule has 1 fully saturated rings. The number of fused-ring (bicyclic) bond motifs is 1. The van der Waals surface area contributed by atoms with Gasteiger partial charge in [-0.1, -0.05) is 48.0 Å². The summed E-state index contributed by atoms with van der Waals surface area (Å²) in [4.78, 5) is 14.7. The zero-order chi connectivity index (χ0) is 18.6. The van der Waals surface area contributed by atoms with Gasteiger partial charge in [0, 0.05) is 31.2 Å². The second kappa shape index (κ2) is 8.21. The second-order valence-corrected chi connectivity index (χ2v) is 7.58. The van der Waals surface area contributed by atoms with E-state index in [4.69, 9.17) is 0 Å². The maximum atomic E-state index is 12.8. The maximum Gasteiger partial charge on any atom is 0.240 e. The van der Waals surface area contributed by atoms with Gasteiger partial charge in [-0.15, -0.1) is 0 Å². The number of hydrogen-bond donors (Lipinski definition) is 3. The number of nitrogens with one attached hydrogen (secondary N) is 3. The average molecular weight is 364 g/mol. The monoisotopic (exact) mass is 364 g/mol. The molecule has 0 spiro atoms. The van der Waals surface area contributed by atoms with E-state index in [9.17, 15) is 4.79 Å². The molecule has 1 amide bonds. The van der Waals surface area contributed by atoms with E-state index in [2.05, 4.69) is 65.6 Å². The number of amides is 1. The van der Waals surface area contributed by atoms with E-state index in [1.165, 1.54) is 16.7 Å². The number of rotatable bonds is 5. The summed E-state index contributed by atoms with van der Waals surface area (Å²) >= 11 is 0. The first-order chi connectivity index (χ1) is 13.2. The van der Waals surface area contributed by atoms with Crippen molar-refractivity contribution in [3.05, 3.63) is 65.2 Å². The Labute approximate surface area is 161 Å². The van der Waals surface area contributed by atoms with Crippen LogP contribution in [-0.2, 0) is 11.2 Å². The van der Waals surface area contributed by atoms with Crippen molar-refractivity contribution in [3.63, 3.8) is 0 Å². The van der Waals surface area contributed by atoms with Crippen LogP contribution in [0.4, 0.5) is 5.69 Å². The van der Waals surface area contributed by atoms with Crippen LogP contribution in [0.5, 0.6) is 0 Å². The van der Waals surface area contributed by atoms with Gasteiger partial charge in [-0.3, -0.25) is 10.2 Å². The van der Waals surface area contributed by atoms with E-state index in [1.54, 1.807) is 0 Å². The van der Waals surface area contributed by atoms with Crippen LogP contribution in [-0.4, -0.2) is 32.1 Å². The molecule has 2 aliphatic rings. The number of hydrogen-bond acceptors (Lipinski definition) is 4. The van der Waals surface area contributed by atoms with E-state index in [0.29, 0.717) is 12.5 Å². The number of aryl methyl sites for hydroxylation is 2. The van der Waals surface area contributed by atoms with Crippen molar-refractivity contribution in [1.82, 2.24) is 16.2 Å². The molecule has 5 heteroatoms. The zero-order valence-corrected chi connectivity index (χ0v) is 15.9. The fraction of sp³-hybridized carbons (Fsp3) is 0.409. The fourth-order valence-corrected chi connectivity index (χ4v) is 4.11. The average Bonchev–Trinajstić information content (AvgIpc) is 3.16. The van der Waals surface area contributed by atoms with Crippen LogP contribution in [0.25, 0.3) is 0 Å². The smallest absolute Gasteiger partial charge is 0.240 e. The van der Waals surface area contributed by atoms with Crippen molar-refractivity contribution in [1.29, 1.82) is 0 Å². The minimum Gasteiger partial charge on any atom is -0.311 e. The number of anilines is 1. The Morgan fingerprint density at radius 3 is 2.85 bits per heavy atom. The minimum absolute atomic E-state index is 0.160. The first kappa shape index (κ1) is 18.2. The Morgan fingerprint density at radius 2 is 2.00 bits per heavy atom. The lowest BCUT2D eigenvalue weighted by atomic mass is 9.94. The van der Waals surface area contributed by atoms with Crippen molar-refractivity contribution in [2.45, 2.75) is 25.8 Å². The minimum atomic E-state index is 0.160. The highest BCUT2D eigenvalue weighted by atomic mass is 16.2. The van der Waals surface area contributed by atoms with Gasteiger partial charge in [-0.25, -0.2) is 5.43 Å². The highest BCUT2D eigenvalue weighted by Crippen LogP contribution is 2.27. The van der Waals surface area contributed by atoms with Gasteiger partial charge in [0.1, 0.15) is 0 Å². The van der Waals surface area contributed by atoms with Gasteiger partial charge >= 0.3 is 0 Å². The molecular formula is C22H28N4O.